The van der Waals surface area contributed by atoms with Crippen LogP contribution in [0.25, 0.3) is 0 Å². The van der Waals surface area contributed by atoms with Crippen molar-refractivity contribution < 1.29 is 32.3 Å². The molecule has 0 saturated carbocycles. The van der Waals surface area contributed by atoms with Crippen molar-refractivity contribution in [3.63, 3.8) is 0 Å². The zero-order chi connectivity index (χ0) is 24.1. The minimum absolute atomic E-state index is 0.0363. The lowest BCUT2D eigenvalue weighted by atomic mass is 10.1. The Morgan fingerprint density at radius 3 is 2.00 bits per heavy atom. The van der Waals surface area contributed by atoms with Crippen molar-refractivity contribution in [2.75, 3.05) is 25.5 Å². The van der Waals surface area contributed by atoms with Crippen LogP contribution < -0.4 is 10.0 Å². The second-order valence-corrected chi connectivity index (χ2v) is 9.15. The highest BCUT2D eigenvalue weighted by Gasteiger charge is 2.21. The van der Waals surface area contributed by atoms with Gasteiger partial charge in [-0.15, -0.1) is 0 Å². The number of hydrogen-bond acceptors (Lipinski definition) is 7. The summed E-state index contributed by atoms with van der Waals surface area (Å²) in [5, 5.41) is 2.76. The van der Waals surface area contributed by atoms with Crippen LogP contribution in [0.2, 0.25) is 0 Å². The SMILES string of the molecule is COC(=O)c1cc(NS(=O)(=O)c2ccc(C)c(C(=O)NCC(C)C)c2)cc(C(=O)OC)c1. The first kappa shape index (κ1) is 24.9. The zero-order valence-corrected chi connectivity index (χ0v) is 19.3. The van der Waals surface area contributed by atoms with Gasteiger partial charge in [-0.05, 0) is 48.7 Å². The Morgan fingerprint density at radius 2 is 1.50 bits per heavy atom. The number of ether oxygens (including phenoxy) is 2. The molecule has 10 heteroatoms. The smallest absolute Gasteiger partial charge is 0.337 e. The number of esters is 2. The van der Waals surface area contributed by atoms with Crippen LogP contribution in [0.3, 0.4) is 0 Å². The van der Waals surface area contributed by atoms with Crippen LogP contribution in [-0.2, 0) is 19.5 Å². The van der Waals surface area contributed by atoms with Crippen molar-refractivity contribution in [1.29, 1.82) is 0 Å². The van der Waals surface area contributed by atoms with E-state index in [2.05, 4.69) is 19.5 Å². The van der Waals surface area contributed by atoms with Gasteiger partial charge in [-0.3, -0.25) is 9.52 Å². The third-order valence-electron chi connectivity index (χ3n) is 4.46. The summed E-state index contributed by atoms with van der Waals surface area (Å²) in [5.74, 6) is -1.65. The number of hydrogen-bond donors (Lipinski definition) is 2. The lowest BCUT2D eigenvalue weighted by Gasteiger charge is -2.13. The van der Waals surface area contributed by atoms with Gasteiger partial charge in [0.1, 0.15) is 0 Å². The zero-order valence-electron chi connectivity index (χ0n) is 18.5. The molecule has 0 aliphatic heterocycles. The van der Waals surface area contributed by atoms with E-state index in [4.69, 9.17) is 0 Å². The topological polar surface area (TPSA) is 128 Å². The Balaban J connectivity index is 2.43. The summed E-state index contributed by atoms with van der Waals surface area (Å²) in [6, 6.07) is 7.88. The second kappa shape index (κ2) is 10.3. The predicted molar refractivity (Wildman–Crippen MR) is 118 cm³/mol. The molecule has 0 radical (unpaired) electrons. The molecule has 9 nitrogen and oxygen atoms in total. The van der Waals surface area contributed by atoms with E-state index in [1.54, 1.807) is 6.92 Å². The first-order valence-electron chi connectivity index (χ1n) is 9.72. The molecule has 0 aliphatic rings. The maximum absolute atomic E-state index is 13.0. The highest BCUT2D eigenvalue weighted by Crippen LogP contribution is 2.22. The van der Waals surface area contributed by atoms with Crippen molar-refractivity contribution in [1.82, 2.24) is 5.32 Å². The molecule has 0 aliphatic carbocycles. The molecule has 0 fully saturated rings. The number of sulfonamides is 1. The molecule has 0 spiro atoms. The molecule has 2 rings (SSSR count). The maximum atomic E-state index is 13.0. The molecule has 172 valence electrons. The monoisotopic (exact) mass is 462 g/mol. The van der Waals surface area contributed by atoms with E-state index >= 15 is 0 Å². The fourth-order valence-electron chi connectivity index (χ4n) is 2.78. The number of nitrogens with one attached hydrogen (secondary N) is 2. The van der Waals surface area contributed by atoms with Gasteiger partial charge in [0.2, 0.25) is 0 Å². The molecule has 0 saturated heterocycles. The first-order valence-corrected chi connectivity index (χ1v) is 11.2. The summed E-state index contributed by atoms with van der Waals surface area (Å²) in [5.41, 5.74) is 0.731. The first-order chi connectivity index (χ1) is 15.0. The lowest BCUT2D eigenvalue weighted by molar-refractivity contribution is 0.0599. The molecular weight excluding hydrogens is 436 g/mol. The Labute approximate surface area is 187 Å². The fraction of sp³-hybridized carbons (Fsp3) is 0.318. The number of anilines is 1. The highest BCUT2D eigenvalue weighted by molar-refractivity contribution is 7.92. The van der Waals surface area contributed by atoms with E-state index in [9.17, 15) is 22.8 Å². The van der Waals surface area contributed by atoms with Crippen molar-refractivity contribution >= 4 is 33.6 Å². The summed E-state index contributed by atoms with van der Waals surface area (Å²) in [6.45, 7) is 6.05. The standard InChI is InChI=1S/C22H26N2O7S/c1-13(2)12-23-20(25)19-11-18(7-6-14(19)3)32(28,29)24-17-9-15(21(26)30-4)8-16(10-17)22(27)31-5/h6-11,13,24H,12H2,1-5H3,(H,23,25). The van der Waals surface area contributed by atoms with Crippen LogP contribution in [0.4, 0.5) is 5.69 Å². The molecule has 2 aromatic carbocycles. The molecule has 32 heavy (non-hydrogen) atoms. The number of methoxy groups -OCH3 is 2. The normalized spacial score (nSPS) is 11.1. The number of amides is 1. The van der Waals surface area contributed by atoms with Crippen molar-refractivity contribution in [3.05, 3.63) is 58.7 Å². The average Bonchev–Trinajstić information content (AvgIpc) is 2.75. The van der Waals surface area contributed by atoms with Crippen molar-refractivity contribution in [2.45, 2.75) is 25.7 Å². The van der Waals surface area contributed by atoms with Gasteiger partial charge in [-0.1, -0.05) is 19.9 Å². The second-order valence-electron chi connectivity index (χ2n) is 7.47. The molecule has 0 unspecified atom stereocenters. The van der Waals surface area contributed by atoms with E-state index in [0.717, 1.165) is 14.2 Å². The van der Waals surface area contributed by atoms with Crippen molar-refractivity contribution in [2.24, 2.45) is 5.92 Å². The lowest BCUT2D eigenvalue weighted by Crippen LogP contribution is -2.28. The Bertz CT molecular complexity index is 1110. The van der Waals surface area contributed by atoms with Crippen LogP contribution in [0, 0.1) is 12.8 Å². The fourth-order valence-corrected chi connectivity index (χ4v) is 3.84. The molecule has 2 aromatic rings. The number of aryl methyl sites for hydroxylation is 1. The molecule has 0 heterocycles. The third kappa shape index (κ3) is 6.07. The Hall–Kier alpha value is -3.40. The third-order valence-corrected chi connectivity index (χ3v) is 5.84. The van der Waals surface area contributed by atoms with Gasteiger partial charge in [0.25, 0.3) is 15.9 Å². The minimum Gasteiger partial charge on any atom is -0.465 e. The Kier molecular flexibility index (Phi) is 7.98. The average molecular weight is 463 g/mol. The molecule has 0 atom stereocenters. The van der Waals surface area contributed by atoms with Gasteiger partial charge in [0, 0.05) is 12.1 Å². The van der Waals surface area contributed by atoms with Gasteiger partial charge < -0.3 is 14.8 Å². The number of rotatable bonds is 8. The molecule has 0 aromatic heterocycles. The van der Waals surface area contributed by atoms with Crippen LogP contribution >= 0.6 is 0 Å². The Morgan fingerprint density at radius 1 is 0.938 bits per heavy atom. The summed E-state index contributed by atoms with van der Waals surface area (Å²) in [6.07, 6.45) is 0. The molecule has 2 N–H and O–H groups in total. The van der Waals surface area contributed by atoms with Crippen molar-refractivity contribution in [3.8, 4) is 0 Å². The van der Waals surface area contributed by atoms with E-state index < -0.39 is 22.0 Å². The molecular formula is C22H26N2O7S. The summed E-state index contributed by atoms with van der Waals surface area (Å²) >= 11 is 0. The summed E-state index contributed by atoms with van der Waals surface area (Å²) in [4.78, 5) is 36.2. The van der Waals surface area contributed by atoms with Gasteiger partial charge in [-0.25, -0.2) is 18.0 Å². The quantitative estimate of drug-likeness (QED) is 0.577. The van der Waals surface area contributed by atoms with Gasteiger partial charge >= 0.3 is 11.9 Å². The van der Waals surface area contributed by atoms with Gasteiger partial charge in [-0.2, -0.15) is 0 Å². The van der Waals surface area contributed by atoms with Crippen LogP contribution in [-0.4, -0.2) is 47.0 Å². The number of benzene rings is 2. The summed E-state index contributed by atoms with van der Waals surface area (Å²) in [7, 11) is -1.83. The number of carbonyl (C=O) groups is 3. The van der Waals surface area contributed by atoms with Crippen LogP contribution in [0.1, 0.15) is 50.5 Å². The highest BCUT2D eigenvalue weighted by atomic mass is 32.2. The predicted octanol–water partition coefficient (Wildman–Crippen LogP) is 2.75. The van der Waals surface area contributed by atoms with Gasteiger partial charge in [0.05, 0.1) is 35.9 Å². The minimum atomic E-state index is -4.15. The summed E-state index contributed by atoms with van der Waals surface area (Å²) < 4.78 is 37.6. The number of carbonyl (C=O) groups excluding carboxylic acids is 3. The van der Waals surface area contributed by atoms with E-state index in [1.807, 2.05) is 13.8 Å². The van der Waals surface area contributed by atoms with Crippen LogP contribution in [0.15, 0.2) is 41.3 Å². The molecule has 0 bridgehead atoms. The van der Waals surface area contributed by atoms with E-state index in [0.29, 0.717) is 12.1 Å². The maximum Gasteiger partial charge on any atom is 0.337 e. The molecule has 1 amide bonds. The van der Waals surface area contributed by atoms with E-state index in [-0.39, 0.29) is 39.1 Å². The van der Waals surface area contributed by atoms with E-state index in [1.165, 1.54) is 36.4 Å². The van der Waals surface area contributed by atoms with Gasteiger partial charge in [0.15, 0.2) is 0 Å². The largest absolute Gasteiger partial charge is 0.465 e. The van der Waals surface area contributed by atoms with Crippen LogP contribution in [0.5, 0.6) is 0 Å².